The molecule has 0 spiro atoms. The Morgan fingerprint density at radius 2 is 1.81 bits per heavy atom. The van der Waals surface area contributed by atoms with Gasteiger partial charge in [0.25, 0.3) is 5.91 Å². The Labute approximate surface area is 320 Å². The van der Waals surface area contributed by atoms with Gasteiger partial charge in [-0.2, -0.15) is 0 Å². The molecule has 2 aliphatic heterocycles. The number of nitrogens with one attached hydrogen (secondary N) is 3. The summed E-state index contributed by atoms with van der Waals surface area (Å²) in [5.41, 5.74) is 1.06. The van der Waals surface area contributed by atoms with Crippen LogP contribution >= 0.6 is 22.6 Å². The molecule has 288 valence electrons. The van der Waals surface area contributed by atoms with Gasteiger partial charge in [0.05, 0.1) is 29.4 Å². The standard InChI is InChI=1S/C37H46F3IN6O6/c1-24(53-37(50)44-12-16-52-15-11-43-33(48)18-41)36(49)47(22-27-19-42-20-31(27)40)34(26-9-13-51-14-10-26)35-45-32(29-17-28(38)7-8-30(29)39)23-46(35)21-25-5-3-2-4-6-25/h2-8,17,23-24,26-27,31,34,42H,9-16,18-22H2,1H3,(H,43,48)(H,44,50)/t24-,27-,31-,34+/m0/s1. The van der Waals surface area contributed by atoms with Crippen molar-refractivity contribution in [1.29, 1.82) is 0 Å². The van der Waals surface area contributed by atoms with E-state index in [1.807, 2.05) is 57.5 Å². The zero-order valence-electron chi connectivity index (χ0n) is 29.6. The molecule has 2 saturated heterocycles. The minimum Gasteiger partial charge on any atom is -0.436 e. The van der Waals surface area contributed by atoms with E-state index in [-0.39, 0.29) is 55.9 Å². The van der Waals surface area contributed by atoms with Gasteiger partial charge in [-0.15, -0.1) is 0 Å². The van der Waals surface area contributed by atoms with Crippen molar-refractivity contribution in [3.05, 3.63) is 77.8 Å². The summed E-state index contributed by atoms with van der Waals surface area (Å²) >= 11 is 1.96. The number of hydrogen-bond acceptors (Lipinski definition) is 8. The summed E-state index contributed by atoms with van der Waals surface area (Å²) in [6.45, 7) is 3.93. The molecular formula is C37H46F3IN6O6. The molecule has 3 aromatic rings. The van der Waals surface area contributed by atoms with Gasteiger partial charge >= 0.3 is 6.09 Å². The first-order chi connectivity index (χ1) is 25.6. The molecule has 2 fully saturated rings. The summed E-state index contributed by atoms with van der Waals surface area (Å²) in [7, 11) is 0. The van der Waals surface area contributed by atoms with E-state index < -0.39 is 47.9 Å². The molecule has 1 aromatic heterocycles. The van der Waals surface area contributed by atoms with Gasteiger partial charge in [0.2, 0.25) is 5.91 Å². The van der Waals surface area contributed by atoms with Crippen molar-refractivity contribution >= 4 is 40.5 Å². The third kappa shape index (κ3) is 11.4. The lowest BCUT2D eigenvalue weighted by molar-refractivity contribution is -0.145. The molecule has 0 unspecified atom stereocenters. The van der Waals surface area contributed by atoms with E-state index in [1.54, 1.807) is 11.1 Å². The van der Waals surface area contributed by atoms with Gasteiger partial charge < -0.3 is 39.6 Å². The van der Waals surface area contributed by atoms with Crippen molar-refractivity contribution in [1.82, 2.24) is 30.4 Å². The van der Waals surface area contributed by atoms with Gasteiger partial charge in [-0.05, 0) is 49.4 Å². The Morgan fingerprint density at radius 1 is 1.08 bits per heavy atom. The maximum atomic E-state index is 15.3. The first-order valence-corrected chi connectivity index (χ1v) is 19.3. The van der Waals surface area contributed by atoms with E-state index in [9.17, 15) is 18.8 Å². The lowest BCUT2D eigenvalue weighted by atomic mass is 9.88. The normalized spacial score (nSPS) is 18.7. The summed E-state index contributed by atoms with van der Waals surface area (Å²) in [5, 5.41) is 8.32. The lowest BCUT2D eigenvalue weighted by Gasteiger charge is -2.40. The van der Waals surface area contributed by atoms with Gasteiger partial charge in [-0.25, -0.2) is 22.9 Å². The molecule has 5 rings (SSSR count). The fourth-order valence-corrected chi connectivity index (χ4v) is 6.90. The van der Waals surface area contributed by atoms with Crippen molar-refractivity contribution in [3.8, 4) is 11.3 Å². The molecule has 0 aliphatic carbocycles. The number of amides is 3. The zero-order chi connectivity index (χ0) is 37.7. The third-order valence-corrected chi connectivity index (χ3v) is 10.0. The van der Waals surface area contributed by atoms with Crippen LogP contribution in [0.1, 0.15) is 37.2 Å². The van der Waals surface area contributed by atoms with Crippen molar-refractivity contribution < 1.29 is 41.8 Å². The highest BCUT2D eigenvalue weighted by Crippen LogP contribution is 2.38. The summed E-state index contributed by atoms with van der Waals surface area (Å²) in [4.78, 5) is 45.2. The number of nitrogens with zero attached hydrogens (tertiary/aromatic N) is 3. The predicted octanol–water partition coefficient (Wildman–Crippen LogP) is 4.41. The first kappa shape index (κ1) is 40.4. The molecule has 16 heteroatoms. The number of carbonyl (C=O) groups excluding carboxylic acids is 3. The number of alkyl halides is 2. The Hall–Kier alpha value is -3.74. The molecular weight excluding hydrogens is 808 g/mol. The zero-order valence-corrected chi connectivity index (χ0v) is 31.7. The summed E-state index contributed by atoms with van der Waals surface area (Å²) in [5.74, 6) is -2.28. The fraction of sp³-hybridized carbons (Fsp3) is 0.514. The van der Waals surface area contributed by atoms with Crippen molar-refractivity contribution in [2.75, 3.05) is 63.6 Å². The number of alkyl carbamates (subject to hydrolysis) is 1. The van der Waals surface area contributed by atoms with Crippen LogP contribution in [-0.2, 0) is 30.3 Å². The number of ether oxygens (including phenoxy) is 3. The number of carbonyl (C=O) groups is 3. The average Bonchev–Trinajstić information content (AvgIpc) is 3.77. The van der Waals surface area contributed by atoms with Crippen LogP contribution in [0.15, 0.2) is 54.7 Å². The lowest BCUT2D eigenvalue weighted by Crippen LogP contribution is -2.49. The number of benzene rings is 2. The quantitative estimate of drug-likeness (QED) is 0.103. The Morgan fingerprint density at radius 3 is 2.51 bits per heavy atom. The predicted molar refractivity (Wildman–Crippen MR) is 199 cm³/mol. The molecule has 0 radical (unpaired) electrons. The van der Waals surface area contributed by atoms with Crippen LogP contribution in [0.2, 0.25) is 0 Å². The second kappa shape index (κ2) is 20.1. The van der Waals surface area contributed by atoms with Crippen LogP contribution in [0.5, 0.6) is 0 Å². The molecule has 0 saturated carbocycles. The minimum atomic E-state index is -1.27. The van der Waals surface area contributed by atoms with E-state index in [0.717, 1.165) is 23.8 Å². The summed E-state index contributed by atoms with van der Waals surface area (Å²) in [6.07, 6.45) is -0.582. The van der Waals surface area contributed by atoms with Gasteiger partial charge in [0.15, 0.2) is 6.10 Å². The van der Waals surface area contributed by atoms with E-state index in [2.05, 4.69) is 16.0 Å². The topological polar surface area (TPSA) is 136 Å². The Balaban J connectivity index is 1.44. The number of rotatable bonds is 17. The second-order valence-electron chi connectivity index (χ2n) is 13.1. The molecule has 2 aliphatic rings. The molecule has 3 N–H and O–H groups in total. The monoisotopic (exact) mass is 854 g/mol. The Bertz CT molecular complexity index is 1660. The van der Waals surface area contributed by atoms with Crippen molar-refractivity contribution in [2.45, 2.75) is 44.6 Å². The molecule has 53 heavy (non-hydrogen) atoms. The van der Waals surface area contributed by atoms with Gasteiger partial charge in [0, 0.05) is 70.2 Å². The van der Waals surface area contributed by atoms with Crippen LogP contribution in [0.25, 0.3) is 11.3 Å². The second-order valence-corrected chi connectivity index (χ2v) is 13.9. The highest BCUT2D eigenvalue weighted by molar-refractivity contribution is 14.1. The maximum absolute atomic E-state index is 15.3. The van der Waals surface area contributed by atoms with E-state index in [0.29, 0.717) is 55.9 Å². The summed E-state index contributed by atoms with van der Waals surface area (Å²) < 4.78 is 63.8. The van der Waals surface area contributed by atoms with Crippen LogP contribution < -0.4 is 16.0 Å². The highest BCUT2D eigenvalue weighted by Gasteiger charge is 2.42. The van der Waals surface area contributed by atoms with Crippen molar-refractivity contribution in [2.24, 2.45) is 11.8 Å². The van der Waals surface area contributed by atoms with Crippen LogP contribution in [0.3, 0.4) is 0 Å². The number of halogens is 4. The van der Waals surface area contributed by atoms with Gasteiger partial charge in [0.1, 0.15) is 23.6 Å². The largest absolute Gasteiger partial charge is 0.436 e. The third-order valence-electron chi connectivity index (χ3n) is 9.33. The van der Waals surface area contributed by atoms with Crippen LogP contribution in [0, 0.1) is 23.5 Å². The van der Waals surface area contributed by atoms with Crippen LogP contribution in [0.4, 0.5) is 18.0 Å². The van der Waals surface area contributed by atoms with Crippen LogP contribution in [-0.4, -0.2) is 108 Å². The number of hydrogen-bond donors (Lipinski definition) is 3. The van der Waals surface area contributed by atoms with E-state index >= 15 is 8.78 Å². The number of imidazole rings is 1. The smallest absolute Gasteiger partial charge is 0.407 e. The molecule has 3 heterocycles. The van der Waals surface area contributed by atoms with E-state index in [1.165, 1.54) is 6.92 Å². The van der Waals surface area contributed by atoms with Gasteiger partial charge in [-0.1, -0.05) is 52.9 Å². The molecule has 4 atom stereocenters. The molecule has 12 nitrogen and oxygen atoms in total. The van der Waals surface area contributed by atoms with Crippen molar-refractivity contribution in [3.63, 3.8) is 0 Å². The average molecular weight is 855 g/mol. The highest BCUT2D eigenvalue weighted by atomic mass is 127. The van der Waals surface area contributed by atoms with E-state index in [4.69, 9.17) is 19.2 Å². The summed E-state index contributed by atoms with van der Waals surface area (Å²) in [6, 6.07) is 11.9. The number of aromatic nitrogens is 2. The van der Waals surface area contributed by atoms with Gasteiger partial charge in [-0.3, -0.25) is 9.59 Å². The SMILES string of the molecule is C[C@H](OC(=O)NCCOCCNC(=O)CI)C(=O)N(C[C@@H]1CNC[C@@H]1F)[C@@H](c1nc(-c2cc(F)ccc2F)cn1Cc1ccccc1)C1CCOCC1. The fourth-order valence-electron chi connectivity index (χ4n) is 6.63. The molecule has 2 aromatic carbocycles. The Kier molecular flexibility index (Phi) is 15.3. The maximum Gasteiger partial charge on any atom is 0.407 e. The first-order valence-electron chi connectivity index (χ1n) is 17.8. The molecule has 0 bridgehead atoms. The minimum absolute atomic E-state index is 0.00582. The molecule has 3 amide bonds.